The fraction of sp³-hybridized carbons (Fsp3) is 0.286. The second-order valence-electron chi connectivity index (χ2n) is 6.76. The normalized spacial score (nSPS) is 15.2. The summed E-state index contributed by atoms with van der Waals surface area (Å²) in [5.74, 6) is -0.332. The van der Waals surface area contributed by atoms with Crippen molar-refractivity contribution in [3.63, 3.8) is 0 Å². The maximum Gasteiger partial charge on any atom is 0.338 e. The summed E-state index contributed by atoms with van der Waals surface area (Å²) >= 11 is 0. The van der Waals surface area contributed by atoms with Crippen LogP contribution in [-0.2, 0) is 10.2 Å². The summed E-state index contributed by atoms with van der Waals surface area (Å²) in [6.07, 6.45) is 1.84. The molecule has 0 unspecified atom stereocenters. The van der Waals surface area contributed by atoms with Crippen LogP contribution in [0.15, 0.2) is 53.6 Å². The van der Waals surface area contributed by atoms with Gasteiger partial charge in [-0.2, -0.15) is 9.68 Å². The maximum atomic E-state index is 11.8. The van der Waals surface area contributed by atoms with Gasteiger partial charge in [-0.05, 0) is 39.0 Å². The van der Waals surface area contributed by atoms with E-state index in [9.17, 15) is 4.79 Å². The molecule has 0 atom stereocenters. The molecule has 5 heteroatoms. The summed E-state index contributed by atoms with van der Waals surface area (Å²) in [5.41, 5.74) is 7.72. The van der Waals surface area contributed by atoms with Crippen LogP contribution in [0.2, 0.25) is 0 Å². The lowest BCUT2D eigenvalue weighted by Gasteiger charge is -2.14. The maximum absolute atomic E-state index is 11.8. The molecule has 5 nitrogen and oxygen atoms in total. The van der Waals surface area contributed by atoms with Crippen molar-refractivity contribution in [2.75, 3.05) is 19.1 Å². The molecule has 26 heavy (non-hydrogen) atoms. The smallest absolute Gasteiger partial charge is 0.338 e. The Balaban J connectivity index is 1.79. The standard InChI is InChI=1S/C21H23N3O2/c1-5-26-20(25)15-9-8-10-16(13-15)23-22-14-19-21(2,3)17-11-6-7-12-18(17)24(19)4/h6-14H,5H2,1-4H3/p+1. The van der Waals surface area contributed by atoms with Gasteiger partial charge in [-0.3, -0.25) is 5.43 Å². The van der Waals surface area contributed by atoms with E-state index in [4.69, 9.17) is 4.74 Å². The third kappa shape index (κ3) is 3.25. The Hall–Kier alpha value is -2.95. The Morgan fingerprint density at radius 3 is 2.73 bits per heavy atom. The zero-order chi connectivity index (χ0) is 18.7. The van der Waals surface area contributed by atoms with Crippen molar-refractivity contribution in [3.8, 4) is 0 Å². The van der Waals surface area contributed by atoms with Crippen LogP contribution in [0.3, 0.4) is 0 Å². The van der Waals surface area contributed by atoms with Crippen LogP contribution in [0.4, 0.5) is 11.4 Å². The predicted molar refractivity (Wildman–Crippen MR) is 105 cm³/mol. The van der Waals surface area contributed by atoms with Crippen LogP contribution < -0.4 is 5.43 Å². The van der Waals surface area contributed by atoms with Crippen molar-refractivity contribution in [2.45, 2.75) is 26.2 Å². The molecule has 1 aliphatic rings. The van der Waals surface area contributed by atoms with Crippen molar-refractivity contribution < 1.29 is 14.1 Å². The molecule has 0 saturated carbocycles. The minimum absolute atomic E-state index is 0.122. The van der Waals surface area contributed by atoms with E-state index in [0.717, 1.165) is 11.4 Å². The van der Waals surface area contributed by atoms with Gasteiger partial charge in [-0.15, -0.1) is 0 Å². The molecule has 0 fully saturated rings. The number of hydrogen-bond donors (Lipinski definition) is 1. The minimum atomic E-state index is -0.332. The van der Waals surface area contributed by atoms with Crippen LogP contribution in [0.5, 0.6) is 0 Å². The zero-order valence-electron chi connectivity index (χ0n) is 15.6. The molecule has 0 aliphatic carbocycles. The molecule has 3 rings (SSSR count). The third-order valence-electron chi connectivity index (χ3n) is 4.69. The molecule has 0 saturated heterocycles. The molecule has 0 amide bonds. The number of carbonyl (C=O) groups is 1. The van der Waals surface area contributed by atoms with E-state index in [0.29, 0.717) is 12.2 Å². The molecule has 0 radical (unpaired) electrons. The fourth-order valence-corrected chi connectivity index (χ4v) is 3.33. The quantitative estimate of drug-likeness (QED) is 0.384. The topological polar surface area (TPSA) is 53.7 Å². The van der Waals surface area contributed by atoms with Crippen LogP contribution in [0.1, 0.15) is 36.7 Å². The molecule has 0 bridgehead atoms. The van der Waals surface area contributed by atoms with E-state index in [1.807, 2.05) is 18.3 Å². The number of carbonyl (C=O) groups excluding carboxylic acids is 1. The number of fused-ring (bicyclic) bond motifs is 1. The summed E-state index contributed by atoms with van der Waals surface area (Å²) in [4.78, 5) is 11.8. The largest absolute Gasteiger partial charge is 0.462 e. The average molecular weight is 350 g/mol. The van der Waals surface area contributed by atoms with Gasteiger partial charge in [0.05, 0.1) is 23.3 Å². The molecule has 1 heterocycles. The Morgan fingerprint density at radius 1 is 1.23 bits per heavy atom. The van der Waals surface area contributed by atoms with Gasteiger partial charge in [-0.1, -0.05) is 24.3 Å². The third-order valence-corrected chi connectivity index (χ3v) is 4.69. The molecule has 134 valence electrons. The molecule has 0 aromatic heterocycles. The second-order valence-corrected chi connectivity index (χ2v) is 6.76. The lowest BCUT2D eigenvalue weighted by Crippen LogP contribution is -2.30. The first-order valence-electron chi connectivity index (χ1n) is 8.72. The van der Waals surface area contributed by atoms with Crippen LogP contribution in [-0.4, -0.2) is 36.1 Å². The number of hydrogen-bond acceptors (Lipinski definition) is 4. The Morgan fingerprint density at radius 2 is 2.00 bits per heavy atom. The number of rotatable bonds is 5. The number of hydrazone groups is 1. The molecule has 1 N–H and O–H groups in total. The monoisotopic (exact) mass is 350 g/mol. The Labute approximate surface area is 154 Å². The van der Waals surface area contributed by atoms with Crippen molar-refractivity contribution in [1.82, 2.24) is 0 Å². The number of anilines is 1. The van der Waals surface area contributed by atoms with Gasteiger partial charge in [-0.25, -0.2) is 4.79 Å². The summed E-state index contributed by atoms with van der Waals surface area (Å²) in [6.45, 7) is 6.53. The molecule has 1 aliphatic heterocycles. The first-order valence-corrected chi connectivity index (χ1v) is 8.72. The number of benzene rings is 2. The molecule has 0 spiro atoms. The number of para-hydroxylation sites is 1. The first-order chi connectivity index (χ1) is 12.4. The van der Waals surface area contributed by atoms with Crippen LogP contribution in [0.25, 0.3) is 0 Å². The van der Waals surface area contributed by atoms with Crippen LogP contribution >= 0.6 is 0 Å². The van der Waals surface area contributed by atoms with Gasteiger partial charge in [0.25, 0.3) is 0 Å². The van der Waals surface area contributed by atoms with Crippen molar-refractivity contribution in [3.05, 3.63) is 59.7 Å². The average Bonchev–Trinajstić information content (AvgIpc) is 2.83. The van der Waals surface area contributed by atoms with Gasteiger partial charge < -0.3 is 4.74 Å². The summed E-state index contributed by atoms with van der Waals surface area (Å²) in [6, 6.07) is 15.5. The Bertz CT molecular complexity index is 898. The van der Waals surface area contributed by atoms with Crippen molar-refractivity contribution in [2.24, 2.45) is 5.10 Å². The van der Waals surface area contributed by atoms with E-state index in [2.05, 4.69) is 54.2 Å². The SMILES string of the molecule is CCOC(=O)c1cccc(NN=CC2=[N+](C)c3ccccc3C2(C)C)c1. The number of ether oxygens (including phenoxy) is 1. The van der Waals surface area contributed by atoms with E-state index in [1.165, 1.54) is 11.3 Å². The fourth-order valence-electron chi connectivity index (χ4n) is 3.33. The highest BCUT2D eigenvalue weighted by atomic mass is 16.5. The van der Waals surface area contributed by atoms with Gasteiger partial charge in [0.2, 0.25) is 11.4 Å². The van der Waals surface area contributed by atoms with Crippen LogP contribution in [0, 0.1) is 0 Å². The lowest BCUT2D eigenvalue weighted by atomic mass is 9.82. The number of esters is 1. The van der Waals surface area contributed by atoms with E-state index in [1.54, 1.807) is 25.1 Å². The van der Waals surface area contributed by atoms with Gasteiger partial charge in [0.1, 0.15) is 13.3 Å². The molecular formula is C21H24N3O2+. The minimum Gasteiger partial charge on any atom is -0.462 e. The zero-order valence-corrected chi connectivity index (χ0v) is 15.6. The summed E-state index contributed by atoms with van der Waals surface area (Å²) in [5, 5.41) is 4.39. The summed E-state index contributed by atoms with van der Waals surface area (Å²) in [7, 11) is 2.05. The molecule has 2 aromatic carbocycles. The van der Waals surface area contributed by atoms with Gasteiger partial charge in [0, 0.05) is 11.6 Å². The van der Waals surface area contributed by atoms with Crippen molar-refractivity contribution >= 4 is 29.3 Å². The lowest BCUT2D eigenvalue weighted by molar-refractivity contribution is -0.400. The van der Waals surface area contributed by atoms with Crippen molar-refractivity contribution in [1.29, 1.82) is 0 Å². The predicted octanol–water partition coefficient (Wildman–Crippen LogP) is 3.97. The van der Waals surface area contributed by atoms with Gasteiger partial charge >= 0.3 is 5.97 Å². The van der Waals surface area contributed by atoms with E-state index in [-0.39, 0.29) is 11.4 Å². The Kier molecular flexibility index (Phi) is 4.89. The molecular weight excluding hydrogens is 326 g/mol. The van der Waals surface area contributed by atoms with E-state index < -0.39 is 0 Å². The highest BCUT2D eigenvalue weighted by molar-refractivity contribution is 6.33. The number of nitrogens with zero attached hydrogens (tertiary/aromatic N) is 2. The second kappa shape index (κ2) is 7.12. The van der Waals surface area contributed by atoms with E-state index >= 15 is 0 Å². The number of nitrogens with one attached hydrogen (secondary N) is 1. The molecule has 2 aromatic rings. The van der Waals surface area contributed by atoms with Gasteiger partial charge in [0.15, 0.2) is 0 Å². The first kappa shape index (κ1) is 17.9. The highest BCUT2D eigenvalue weighted by Gasteiger charge is 2.43. The highest BCUT2D eigenvalue weighted by Crippen LogP contribution is 2.37. The summed E-state index contributed by atoms with van der Waals surface area (Å²) < 4.78 is 7.19.